The summed E-state index contributed by atoms with van der Waals surface area (Å²) in [5.74, 6) is 0.381. The third-order valence-electron chi connectivity index (χ3n) is 6.61. The Hall–Kier alpha value is -3.36. The second-order valence-corrected chi connectivity index (χ2v) is 11.3. The highest BCUT2D eigenvalue weighted by Gasteiger charge is 2.26. The van der Waals surface area contributed by atoms with Crippen molar-refractivity contribution < 1.29 is 17.9 Å². The lowest BCUT2D eigenvalue weighted by Gasteiger charge is -2.32. The van der Waals surface area contributed by atoms with Crippen LogP contribution in [0.1, 0.15) is 35.6 Å². The molecule has 1 N–H and O–H groups in total. The molecular weight excluding hydrogens is 486 g/mol. The molecule has 3 aromatic carbocycles. The minimum Gasteiger partial charge on any atom is -0.487 e. The molecule has 7 nitrogen and oxygen atoms in total. The van der Waals surface area contributed by atoms with E-state index in [1.54, 1.807) is 12.1 Å². The zero-order valence-electron chi connectivity index (χ0n) is 21.5. The van der Waals surface area contributed by atoms with Gasteiger partial charge < -0.3 is 14.5 Å². The minimum absolute atomic E-state index is 0.0312. The maximum atomic E-state index is 13.4. The van der Waals surface area contributed by atoms with E-state index < -0.39 is 10.0 Å². The van der Waals surface area contributed by atoms with E-state index in [2.05, 4.69) is 21.8 Å². The summed E-state index contributed by atoms with van der Waals surface area (Å²) in [5, 5.41) is 0. The van der Waals surface area contributed by atoms with Crippen LogP contribution in [0.4, 0.5) is 5.69 Å². The van der Waals surface area contributed by atoms with Crippen molar-refractivity contribution in [2.45, 2.75) is 31.9 Å². The molecule has 0 radical (unpaired) electrons. The fourth-order valence-electron chi connectivity index (χ4n) is 4.64. The van der Waals surface area contributed by atoms with Crippen LogP contribution in [-0.4, -0.2) is 57.1 Å². The summed E-state index contributed by atoms with van der Waals surface area (Å²) in [5.41, 5.74) is 3.11. The van der Waals surface area contributed by atoms with Gasteiger partial charge in [0.25, 0.3) is 0 Å². The first kappa shape index (κ1) is 26.7. The molecule has 1 amide bonds. The maximum absolute atomic E-state index is 13.4. The van der Waals surface area contributed by atoms with Crippen LogP contribution in [-0.2, 0) is 27.8 Å². The lowest BCUT2D eigenvalue weighted by Crippen LogP contribution is -2.39. The smallest absolute Gasteiger partial charge is 0.229 e. The fraction of sp³-hybridized carbons (Fsp3) is 0.345. The topological polar surface area (TPSA) is 79.0 Å². The predicted octanol–water partition coefficient (Wildman–Crippen LogP) is 4.48. The number of nitrogens with zero attached hydrogens (tertiary/aromatic N) is 2. The van der Waals surface area contributed by atoms with Crippen LogP contribution in [0, 0.1) is 0 Å². The molecule has 0 bridgehead atoms. The number of carbonyl (C=O) groups is 1. The van der Waals surface area contributed by atoms with Gasteiger partial charge in [-0.05, 0) is 54.8 Å². The third-order valence-corrected chi connectivity index (χ3v) is 7.20. The number of nitrogens with one attached hydrogen (secondary N) is 1. The van der Waals surface area contributed by atoms with Crippen molar-refractivity contribution in [1.29, 1.82) is 0 Å². The van der Waals surface area contributed by atoms with Crippen LogP contribution in [0.2, 0.25) is 0 Å². The molecule has 0 aliphatic carbocycles. The van der Waals surface area contributed by atoms with Crippen LogP contribution >= 0.6 is 0 Å². The van der Waals surface area contributed by atoms with E-state index in [9.17, 15) is 13.2 Å². The van der Waals surface area contributed by atoms with Crippen molar-refractivity contribution in [2.75, 3.05) is 37.7 Å². The largest absolute Gasteiger partial charge is 0.487 e. The van der Waals surface area contributed by atoms with Gasteiger partial charge in [0.2, 0.25) is 15.9 Å². The van der Waals surface area contributed by atoms with E-state index >= 15 is 0 Å². The van der Waals surface area contributed by atoms with E-state index in [1.165, 1.54) is 12.8 Å². The Morgan fingerprint density at radius 1 is 0.973 bits per heavy atom. The first-order valence-corrected chi connectivity index (χ1v) is 14.5. The Morgan fingerprint density at radius 3 is 2.27 bits per heavy atom. The van der Waals surface area contributed by atoms with Gasteiger partial charge in [0.1, 0.15) is 12.4 Å². The average molecular weight is 522 g/mol. The van der Waals surface area contributed by atoms with Crippen molar-refractivity contribution >= 4 is 21.6 Å². The van der Waals surface area contributed by atoms with Crippen LogP contribution in [0.3, 0.4) is 0 Å². The molecule has 0 unspecified atom stereocenters. The molecule has 196 valence electrons. The molecule has 0 spiro atoms. The van der Waals surface area contributed by atoms with Gasteiger partial charge in [-0.15, -0.1) is 0 Å². The zero-order chi connectivity index (χ0) is 26.3. The number of amides is 1. The zero-order valence-corrected chi connectivity index (χ0v) is 22.3. The number of ether oxygens (including phenoxy) is 1. The Bertz CT molecular complexity index is 1280. The standard InChI is InChI=1S/C29H35N3O4S/c1-31(27(21-32-17-9-10-18-32)25-13-7-4-8-14-25)29(33)20-24-15-16-28(26(19-24)30-37(2,34)35)36-22-23-11-5-3-6-12-23/h3-8,11-16,19,27,30H,9-10,17-18,20-22H2,1-2H3/t27-/m1/s1. The summed E-state index contributed by atoms with van der Waals surface area (Å²) in [6.45, 7) is 3.20. The summed E-state index contributed by atoms with van der Waals surface area (Å²) in [4.78, 5) is 17.7. The Labute approximate surface area is 220 Å². The van der Waals surface area contributed by atoms with Crippen LogP contribution in [0.25, 0.3) is 0 Å². The molecule has 1 heterocycles. The van der Waals surface area contributed by atoms with Gasteiger partial charge in [0, 0.05) is 13.6 Å². The monoisotopic (exact) mass is 521 g/mol. The highest BCUT2D eigenvalue weighted by Crippen LogP contribution is 2.29. The van der Waals surface area contributed by atoms with Gasteiger partial charge in [-0.1, -0.05) is 66.7 Å². The molecule has 8 heteroatoms. The maximum Gasteiger partial charge on any atom is 0.229 e. The summed E-state index contributed by atoms with van der Waals surface area (Å²) in [7, 11) is -1.69. The summed E-state index contributed by atoms with van der Waals surface area (Å²) < 4.78 is 32.5. The number of benzene rings is 3. The third kappa shape index (κ3) is 7.81. The van der Waals surface area contributed by atoms with Crippen LogP contribution < -0.4 is 9.46 Å². The molecule has 0 saturated carbocycles. The quantitative estimate of drug-likeness (QED) is 0.403. The Kier molecular flexibility index (Phi) is 8.84. The molecule has 37 heavy (non-hydrogen) atoms. The van der Waals surface area contributed by atoms with Crippen LogP contribution in [0.15, 0.2) is 78.9 Å². The molecule has 0 aromatic heterocycles. The molecule has 4 rings (SSSR count). The number of anilines is 1. The second kappa shape index (κ2) is 12.3. The molecule has 1 atom stereocenters. The van der Waals surface area contributed by atoms with E-state index in [4.69, 9.17) is 4.74 Å². The van der Waals surface area contributed by atoms with E-state index in [-0.39, 0.29) is 18.4 Å². The molecule has 1 aliphatic heterocycles. The fourth-order valence-corrected chi connectivity index (χ4v) is 5.20. The molecule has 1 aliphatic rings. The first-order chi connectivity index (χ1) is 17.8. The lowest BCUT2D eigenvalue weighted by atomic mass is 10.0. The van der Waals surface area contributed by atoms with Gasteiger partial charge in [0.05, 0.1) is 24.4 Å². The summed E-state index contributed by atoms with van der Waals surface area (Å²) in [6, 6.07) is 24.9. The predicted molar refractivity (Wildman–Crippen MR) is 147 cm³/mol. The van der Waals surface area contributed by atoms with E-state index in [1.807, 2.05) is 66.5 Å². The van der Waals surface area contributed by atoms with Gasteiger partial charge >= 0.3 is 0 Å². The van der Waals surface area contributed by atoms with Crippen molar-refractivity contribution in [3.05, 3.63) is 95.6 Å². The minimum atomic E-state index is -3.54. The molecule has 1 fully saturated rings. The SMILES string of the molecule is CN(C(=O)Cc1ccc(OCc2ccccc2)c(NS(C)(=O)=O)c1)[C@H](CN1CCCC1)c1ccccc1. The number of likely N-dealkylation sites (tertiary alicyclic amines) is 1. The second-order valence-electron chi connectivity index (χ2n) is 9.59. The molecular formula is C29H35N3O4S. The number of rotatable bonds is 11. The Balaban J connectivity index is 1.51. The van der Waals surface area contributed by atoms with Crippen LogP contribution in [0.5, 0.6) is 5.75 Å². The Morgan fingerprint density at radius 2 is 1.62 bits per heavy atom. The molecule has 3 aromatic rings. The average Bonchev–Trinajstić information content (AvgIpc) is 3.40. The van der Waals surface area contributed by atoms with Crippen molar-refractivity contribution in [3.63, 3.8) is 0 Å². The summed E-state index contributed by atoms with van der Waals surface area (Å²) >= 11 is 0. The number of sulfonamides is 1. The van der Waals surface area contributed by atoms with Crippen molar-refractivity contribution in [1.82, 2.24) is 9.80 Å². The van der Waals surface area contributed by atoms with Crippen molar-refractivity contribution in [2.24, 2.45) is 0 Å². The number of likely N-dealkylation sites (N-methyl/N-ethyl adjacent to an activating group) is 1. The first-order valence-electron chi connectivity index (χ1n) is 12.6. The van der Waals surface area contributed by atoms with E-state index in [0.717, 1.165) is 37.0 Å². The lowest BCUT2D eigenvalue weighted by molar-refractivity contribution is -0.131. The highest BCUT2D eigenvalue weighted by atomic mass is 32.2. The number of hydrogen-bond acceptors (Lipinski definition) is 5. The van der Waals surface area contributed by atoms with Gasteiger partial charge in [-0.2, -0.15) is 0 Å². The highest BCUT2D eigenvalue weighted by molar-refractivity contribution is 7.92. The number of hydrogen-bond donors (Lipinski definition) is 1. The van der Waals surface area contributed by atoms with Gasteiger partial charge in [-0.25, -0.2) is 8.42 Å². The number of carbonyl (C=O) groups excluding carboxylic acids is 1. The molecule has 1 saturated heterocycles. The van der Waals surface area contributed by atoms with E-state index in [0.29, 0.717) is 23.6 Å². The van der Waals surface area contributed by atoms with Crippen molar-refractivity contribution in [3.8, 4) is 5.75 Å². The normalized spacial score (nSPS) is 14.8. The van der Waals surface area contributed by atoms with Gasteiger partial charge in [0.15, 0.2) is 0 Å². The van der Waals surface area contributed by atoms with Gasteiger partial charge in [-0.3, -0.25) is 9.52 Å². The summed E-state index contributed by atoms with van der Waals surface area (Å²) in [6.07, 6.45) is 3.63.